The maximum absolute atomic E-state index is 12.3. The summed E-state index contributed by atoms with van der Waals surface area (Å²) in [4.78, 5) is 24.4. The summed E-state index contributed by atoms with van der Waals surface area (Å²) in [7, 11) is 0. The molecule has 0 bridgehead atoms. The van der Waals surface area contributed by atoms with Gasteiger partial charge in [-0.15, -0.1) is 11.8 Å². The number of halogens is 1. The van der Waals surface area contributed by atoms with Gasteiger partial charge in [0.15, 0.2) is 5.76 Å². The predicted octanol–water partition coefficient (Wildman–Crippen LogP) is 4.44. The van der Waals surface area contributed by atoms with Gasteiger partial charge in [-0.3, -0.25) is 9.59 Å². The molecule has 5 nitrogen and oxygen atoms in total. The standard InChI is InChI=1S/C19H17ClN2O3S/c1-12-2-5-15(10-16(12)20)22-18(23)13-3-6-14(7-4-13)21-19(24)17-11-26-9-8-25-17/h2-7,10-11H,8-9H2,1H3,(H,21,24)(H,22,23). The van der Waals surface area contributed by atoms with Crippen molar-refractivity contribution >= 4 is 46.6 Å². The second kappa shape index (κ2) is 8.29. The number of ether oxygens (including phenoxy) is 1. The van der Waals surface area contributed by atoms with Crippen molar-refractivity contribution in [1.82, 2.24) is 0 Å². The number of hydrogen-bond donors (Lipinski definition) is 2. The molecule has 0 radical (unpaired) electrons. The molecule has 2 N–H and O–H groups in total. The van der Waals surface area contributed by atoms with E-state index in [9.17, 15) is 9.59 Å². The number of carbonyl (C=O) groups excluding carboxylic acids is 2. The monoisotopic (exact) mass is 388 g/mol. The molecule has 1 aliphatic rings. The first-order valence-electron chi connectivity index (χ1n) is 7.96. The predicted molar refractivity (Wildman–Crippen MR) is 106 cm³/mol. The molecule has 0 aromatic heterocycles. The number of anilines is 2. The van der Waals surface area contributed by atoms with Crippen LogP contribution in [0.25, 0.3) is 0 Å². The van der Waals surface area contributed by atoms with E-state index in [-0.39, 0.29) is 11.8 Å². The molecule has 3 rings (SSSR count). The minimum absolute atomic E-state index is 0.252. The van der Waals surface area contributed by atoms with Crippen molar-refractivity contribution in [3.63, 3.8) is 0 Å². The van der Waals surface area contributed by atoms with Crippen LogP contribution in [0.15, 0.2) is 53.6 Å². The number of hydrogen-bond acceptors (Lipinski definition) is 4. The van der Waals surface area contributed by atoms with Crippen LogP contribution in [0, 0.1) is 6.92 Å². The molecule has 2 aromatic carbocycles. The Morgan fingerprint density at radius 3 is 2.38 bits per heavy atom. The van der Waals surface area contributed by atoms with Crippen LogP contribution < -0.4 is 10.6 Å². The van der Waals surface area contributed by atoms with Crippen molar-refractivity contribution < 1.29 is 14.3 Å². The van der Waals surface area contributed by atoms with Crippen molar-refractivity contribution in [1.29, 1.82) is 0 Å². The Balaban J connectivity index is 1.63. The first-order chi connectivity index (χ1) is 12.5. The molecule has 134 valence electrons. The molecule has 0 saturated heterocycles. The first-order valence-corrected chi connectivity index (χ1v) is 9.39. The third kappa shape index (κ3) is 4.59. The van der Waals surface area contributed by atoms with E-state index in [2.05, 4.69) is 10.6 Å². The maximum atomic E-state index is 12.3. The van der Waals surface area contributed by atoms with Crippen LogP contribution in [0.4, 0.5) is 11.4 Å². The zero-order chi connectivity index (χ0) is 18.5. The van der Waals surface area contributed by atoms with Crippen LogP contribution in [-0.2, 0) is 9.53 Å². The van der Waals surface area contributed by atoms with Crippen LogP contribution in [0.5, 0.6) is 0 Å². The number of aryl methyl sites for hydroxylation is 1. The van der Waals surface area contributed by atoms with Gasteiger partial charge in [-0.1, -0.05) is 17.7 Å². The third-order valence-electron chi connectivity index (χ3n) is 3.71. The Morgan fingerprint density at radius 2 is 1.73 bits per heavy atom. The minimum atomic E-state index is -0.302. The van der Waals surface area contributed by atoms with E-state index < -0.39 is 0 Å². The Bertz CT molecular complexity index is 866. The van der Waals surface area contributed by atoms with Crippen LogP contribution in [0.2, 0.25) is 5.02 Å². The van der Waals surface area contributed by atoms with Gasteiger partial charge in [0.2, 0.25) is 0 Å². The van der Waals surface area contributed by atoms with Gasteiger partial charge in [0.25, 0.3) is 11.8 Å². The summed E-state index contributed by atoms with van der Waals surface area (Å²) in [6.45, 7) is 2.42. The molecule has 2 amide bonds. The largest absolute Gasteiger partial charge is 0.487 e. The number of thioether (sulfide) groups is 1. The molecule has 1 aliphatic heterocycles. The number of benzene rings is 2. The summed E-state index contributed by atoms with van der Waals surface area (Å²) in [5, 5.41) is 7.84. The Kier molecular flexibility index (Phi) is 5.85. The second-order valence-electron chi connectivity index (χ2n) is 5.65. The zero-order valence-electron chi connectivity index (χ0n) is 14.0. The zero-order valence-corrected chi connectivity index (χ0v) is 15.6. The van der Waals surface area contributed by atoms with Gasteiger partial charge in [-0.25, -0.2) is 0 Å². The van der Waals surface area contributed by atoms with Crippen LogP contribution in [0.3, 0.4) is 0 Å². The number of nitrogens with one attached hydrogen (secondary N) is 2. The normalized spacial score (nSPS) is 13.4. The lowest BCUT2D eigenvalue weighted by atomic mass is 10.1. The molecule has 0 spiro atoms. The highest BCUT2D eigenvalue weighted by Gasteiger charge is 2.14. The lowest BCUT2D eigenvalue weighted by Gasteiger charge is -2.14. The van der Waals surface area contributed by atoms with Gasteiger partial charge < -0.3 is 15.4 Å². The molecule has 0 saturated carbocycles. The number of rotatable bonds is 4. The topological polar surface area (TPSA) is 67.4 Å². The van der Waals surface area contributed by atoms with Gasteiger partial charge in [0.1, 0.15) is 0 Å². The minimum Gasteiger partial charge on any atom is -0.487 e. The van der Waals surface area contributed by atoms with E-state index in [0.29, 0.717) is 34.3 Å². The van der Waals surface area contributed by atoms with E-state index in [0.717, 1.165) is 11.3 Å². The summed E-state index contributed by atoms with van der Waals surface area (Å²) in [6.07, 6.45) is 0. The van der Waals surface area contributed by atoms with E-state index in [1.54, 1.807) is 53.6 Å². The summed E-state index contributed by atoms with van der Waals surface area (Å²) in [6, 6.07) is 12.0. The fourth-order valence-electron chi connectivity index (χ4n) is 2.26. The van der Waals surface area contributed by atoms with Crippen molar-refractivity contribution in [2.45, 2.75) is 6.92 Å². The van der Waals surface area contributed by atoms with Crippen molar-refractivity contribution in [3.8, 4) is 0 Å². The lowest BCUT2D eigenvalue weighted by molar-refractivity contribution is -0.116. The third-order valence-corrected chi connectivity index (χ3v) is 4.90. The summed E-state index contributed by atoms with van der Waals surface area (Å²) < 4.78 is 5.31. The van der Waals surface area contributed by atoms with Crippen molar-refractivity contribution in [2.24, 2.45) is 0 Å². The van der Waals surface area contributed by atoms with E-state index >= 15 is 0 Å². The first kappa shape index (κ1) is 18.4. The average molecular weight is 389 g/mol. The Hall–Kier alpha value is -2.44. The highest BCUT2D eigenvalue weighted by molar-refractivity contribution is 8.02. The van der Waals surface area contributed by atoms with Gasteiger partial charge in [0, 0.05) is 33.1 Å². The van der Waals surface area contributed by atoms with E-state index in [4.69, 9.17) is 16.3 Å². The van der Waals surface area contributed by atoms with Crippen LogP contribution in [-0.4, -0.2) is 24.2 Å². The van der Waals surface area contributed by atoms with E-state index in [1.165, 1.54) is 0 Å². The fourth-order valence-corrected chi connectivity index (χ4v) is 3.06. The van der Waals surface area contributed by atoms with Crippen molar-refractivity contribution in [2.75, 3.05) is 23.0 Å². The molecular weight excluding hydrogens is 372 g/mol. The maximum Gasteiger partial charge on any atom is 0.291 e. The summed E-state index contributed by atoms with van der Waals surface area (Å²) in [5.41, 5.74) is 2.63. The van der Waals surface area contributed by atoms with Gasteiger partial charge in [-0.05, 0) is 48.9 Å². The molecule has 7 heteroatoms. The quantitative estimate of drug-likeness (QED) is 0.812. The van der Waals surface area contributed by atoms with Gasteiger partial charge in [0.05, 0.1) is 6.61 Å². The number of amides is 2. The summed E-state index contributed by atoms with van der Waals surface area (Å²) in [5.74, 6) is 0.591. The van der Waals surface area contributed by atoms with E-state index in [1.807, 2.05) is 13.0 Å². The fraction of sp³-hybridized carbons (Fsp3) is 0.158. The molecule has 0 unspecified atom stereocenters. The smallest absolute Gasteiger partial charge is 0.291 e. The van der Waals surface area contributed by atoms with Crippen LogP contribution in [0.1, 0.15) is 15.9 Å². The van der Waals surface area contributed by atoms with Crippen LogP contribution >= 0.6 is 23.4 Å². The SMILES string of the molecule is Cc1ccc(NC(=O)c2ccc(NC(=O)C3=CSCCO3)cc2)cc1Cl. The molecule has 2 aromatic rings. The molecule has 0 fully saturated rings. The van der Waals surface area contributed by atoms with Gasteiger partial charge >= 0.3 is 0 Å². The van der Waals surface area contributed by atoms with Crippen molar-refractivity contribution in [3.05, 3.63) is 69.8 Å². The highest BCUT2D eigenvalue weighted by Crippen LogP contribution is 2.21. The molecule has 1 heterocycles. The Morgan fingerprint density at radius 1 is 1.04 bits per heavy atom. The second-order valence-corrected chi connectivity index (χ2v) is 7.04. The molecular formula is C19H17ClN2O3S. The highest BCUT2D eigenvalue weighted by atomic mass is 35.5. The molecule has 0 atom stereocenters. The molecule has 0 aliphatic carbocycles. The Labute approximate surface area is 160 Å². The van der Waals surface area contributed by atoms with Gasteiger partial charge in [-0.2, -0.15) is 0 Å². The lowest BCUT2D eigenvalue weighted by Crippen LogP contribution is -2.19. The molecule has 26 heavy (non-hydrogen) atoms. The number of carbonyl (C=O) groups is 2. The average Bonchev–Trinajstić information content (AvgIpc) is 2.66. The summed E-state index contributed by atoms with van der Waals surface area (Å²) >= 11 is 7.61.